The fourth-order valence-electron chi connectivity index (χ4n) is 16.5. The first-order valence-corrected chi connectivity index (χ1v) is 42.5. The smallest absolute Gasteiger partial charge is 0.427 e. The Morgan fingerprint density at radius 2 is 0.905 bits per heavy atom. The largest absolute Gasteiger partial charge is 0.497 e. The van der Waals surface area contributed by atoms with Crippen LogP contribution < -0.4 is 28.4 Å². The monoisotopic (exact) mass is 1670 g/mol. The van der Waals surface area contributed by atoms with E-state index in [1.165, 1.54) is 38.2 Å². The van der Waals surface area contributed by atoms with E-state index in [9.17, 15) is 81.5 Å². The number of ketones is 2. The maximum atomic E-state index is 15.0. The third-order valence-electron chi connectivity index (χ3n) is 24.0. The number of nitrogens with one attached hydrogen (secondary N) is 2. The molecule has 0 radical (unpaired) electrons. The molecule has 14 atom stereocenters. The summed E-state index contributed by atoms with van der Waals surface area (Å²) in [6.45, 7) is 6.50. The lowest BCUT2D eigenvalue weighted by atomic mass is 9.81. The van der Waals surface area contributed by atoms with Crippen molar-refractivity contribution in [2.45, 2.75) is 215 Å². The van der Waals surface area contributed by atoms with Crippen LogP contribution in [0.2, 0.25) is 0 Å². The quantitative estimate of drug-likeness (QED) is 0.0419. The molecule has 636 valence electrons. The molecule has 4 amide bonds. The molecule has 2 saturated heterocycles. The molecule has 2 aromatic heterocycles. The van der Waals surface area contributed by atoms with Gasteiger partial charge in [-0.15, -0.1) is 0 Å². The number of alkyl halides is 6. The van der Waals surface area contributed by atoms with Gasteiger partial charge < -0.3 is 47.7 Å². The van der Waals surface area contributed by atoms with E-state index < -0.39 is 185 Å². The summed E-state index contributed by atoms with van der Waals surface area (Å²) in [5, 5.41) is 1.43. The topological polar surface area (TPSA) is 335 Å². The van der Waals surface area contributed by atoms with Gasteiger partial charge in [0.1, 0.15) is 23.7 Å². The molecule has 4 aliphatic carbocycles. The number of carbonyl (C=O) groups is 8. The molecule has 12 rings (SSSR count). The highest BCUT2D eigenvalue weighted by Gasteiger charge is 2.64. The van der Waals surface area contributed by atoms with Crippen LogP contribution in [0.15, 0.2) is 85.2 Å². The number of ether oxygens (including phenoxy) is 8. The SMILES string of the molecule is COC[C@@H]1C[C@@H](C)CC/C=C\[C@@H]2C[C@@]2(C(=O)NS(=O)(=O)C2CC2)CC(=O)[C@@H]2C[C@@H](Oc3nccc4cc(OC)ccc34)CN2C(=O)[C@H]1CC(=O)OC(C)(C)C(F)(F)F.COC[C@@H]1C[C@H](C)CC/C=C\[C@@H]2C[C@@]2(C(=O)NS(=O)(=O)C2CC2)CC(=O)[C@@H]2C[C@@H](Oc3nccc4cc(OC)ccc34)CN2C(=O)[C@H]1CC(=O)OC(C)(C)C(F)(F)F. The van der Waals surface area contributed by atoms with Crippen LogP contribution in [-0.2, 0) is 77.4 Å². The third kappa shape index (κ3) is 20.4. The number of hydrogen-bond acceptors (Lipinski definition) is 22. The van der Waals surface area contributed by atoms with Crippen molar-refractivity contribution >= 4 is 88.7 Å². The minimum absolute atomic E-state index is 0.0108. The normalized spacial score (nSPS) is 29.1. The van der Waals surface area contributed by atoms with Gasteiger partial charge in [-0.2, -0.15) is 26.3 Å². The van der Waals surface area contributed by atoms with Crippen molar-refractivity contribution in [3.8, 4) is 23.3 Å². The van der Waals surface area contributed by atoms with Crippen molar-refractivity contribution in [1.29, 1.82) is 0 Å². The number of esters is 2. The van der Waals surface area contributed by atoms with E-state index >= 15 is 0 Å². The first-order valence-electron chi connectivity index (χ1n) is 39.4. The molecule has 6 fully saturated rings. The fraction of sp³-hybridized carbons (Fsp3) is 0.634. The minimum Gasteiger partial charge on any atom is -0.497 e. The van der Waals surface area contributed by atoms with E-state index in [0.717, 1.165) is 38.5 Å². The van der Waals surface area contributed by atoms with Gasteiger partial charge in [0.15, 0.2) is 11.6 Å². The second-order valence-corrected chi connectivity index (χ2v) is 37.6. The van der Waals surface area contributed by atoms with E-state index in [-0.39, 0.29) is 88.4 Å². The highest BCUT2D eigenvalue weighted by atomic mass is 32.2. The Morgan fingerprint density at radius 1 is 0.534 bits per heavy atom. The molecule has 2 aromatic carbocycles. The van der Waals surface area contributed by atoms with E-state index in [1.54, 1.807) is 60.9 Å². The number of rotatable bonds is 22. The first kappa shape index (κ1) is 88.3. The van der Waals surface area contributed by atoms with E-state index in [0.29, 0.717) is 86.5 Å². The molecule has 6 heterocycles. The van der Waals surface area contributed by atoms with Crippen LogP contribution in [0.1, 0.15) is 157 Å². The Bertz CT molecular complexity index is 4360. The number of pyridine rings is 2. The number of Topliss-reactive ketones (excluding diaryl/α,β-unsaturated/α-hetero) is 2. The van der Waals surface area contributed by atoms with Crippen LogP contribution in [0.4, 0.5) is 26.3 Å². The summed E-state index contributed by atoms with van der Waals surface area (Å²) in [4.78, 5) is 125. The van der Waals surface area contributed by atoms with Gasteiger partial charge in [0, 0.05) is 76.3 Å². The summed E-state index contributed by atoms with van der Waals surface area (Å²) < 4.78 is 184. The average molecular weight is 1670 g/mol. The molecule has 0 bridgehead atoms. The Balaban J connectivity index is 0.000000228. The summed E-state index contributed by atoms with van der Waals surface area (Å²) in [5.41, 5.74) is -8.44. The predicted molar refractivity (Wildman–Crippen MR) is 410 cm³/mol. The number of carbonyl (C=O) groups excluding carboxylic acids is 8. The summed E-state index contributed by atoms with van der Waals surface area (Å²) in [5.74, 6) is -9.55. The lowest BCUT2D eigenvalue weighted by Crippen LogP contribution is -2.49. The zero-order chi connectivity index (χ0) is 84.4. The molecular weight excluding hydrogens is 1570 g/mol. The van der Waals surface area contributed by atoms with Gasteiger partial charge in [-0.25, -0.2) is 26.8 Å². The summed E-state index contributed by atoms with van der Waals surface area (Å²) in [6, 6.07) is 11.7. The number of benzene rings is 2. The number of methoxy groups -OCH3 is 4. The highest BCUT2D eigenvalue weighted by Crippen LogP contribution is 2.59. The van der Waals surface area contributed by atoms with Gasteiger partial charge in [-0.05, 0) is 200 Å². The molecule has 2 N–H and O–H groups in total. The number of fused-ring (bicyclic) bond motifs is 6. The van der Waals surface area contributed by atoms with Crippen molar-refractivity contribution in [3.63, 3.8) is 0 Å². The second-order valence-electron chi connectivity index (χ2n) is 33.7. The number of amides is 4. The number of halogens is 6. The fourth-order valence-corrected chi connectivity index (χ4v) is 19.3. The lowest BCUT2D eigenvalue weighted by molar-refractivity contribution is -0.257. The third-order valence-corrected chi connectivity index (χ3v) is 27.7. The summed E-state index contributed by atoms with van der Waals surface area (Å²) in [6.07, 6.45) is 2.15. The maximum absolute atomic E-state index is 15.0. The van der Waals surface area contributed by atoms with E-state index in [2.05, 4.69) is 19.4 Å². The van der Waals surface area contributed by atoms with Crippen LogP contribution in [0.5, 0.6) is 23.3 Å². The lowest BCUT2D eigenvalue weighted by Gasteiger charge is -2.34. The summed E-state index contributed by atoms with van der Waals surface area (Å²) in [7, 11) is -1.96. The second kappa shape index (κ2) is 35.2. The van der Waals surface area contributed by atoms with E-state index in [1.807, 2.05) is 38.2 Å². The van der Waals surface area contributed by atoms with Crippen LogP contribution in [0.3, 0.4) is 0 Å². The number of sulfonamides is 2. The number of nitrogens with zero attached hydrogens (tertiary/aromatic N) is 4. The molecule has 4 saturated carbocycles. The standard InChI is InChI=1S/2C41H52F3N3O10S/c2*1-24-8-6-7-9-27-20-40(27,38(51)46-58(52,53)30-11-12-30)21-34(48)33-18-29(56-36-31-13-10-28(55-5)17-25(31)14-15-45-36)22-47(33)37(50)32(26(16-24)23-54-4)19-35(49)57-39(2,3)41(42,43)44/h2*7,9-10,13-15,17,24,26-27,29-30,32-33H,6,8,11-12,16,18-23H2,1-5H3,(H,46,51)/b2*9-7-/t24-,26+,27-,29-,32+,33+,40-;24-,26-,27+,29+,32-,33-,40+/m10/s1. The van der Waals surface area contributed by atoms with Gasteiger partial charge in [0.05, 0.1) is 85.4 Å². The Labute approximate surface area is 671 Å². The van der Waals surface area contributed by atoms with Crippen molar-refractivity contribution in [1.82, 2.24) is 29.2 Å². The molecule has 0 unspecified atom stereocenters. The number of allylic oxidation sites excluding steroid dienone is 4. The number of aromatic nitrogens is 2. The van der Waals surface area contributed by atoms with Gasteiger partial charge in [0.2, 0.25) is 66.6 Å². The van der Waals surface area contributed by atoms with Gasteiger partial charge >= 0.3 is 24.3 Å². The molecule has 116 heavy (non-hydrogen) atoms. The van der Waals surface area contributed by atoms with E-state index in [4.69, 9.17) is 37.9 Å². The minimum atomic E-state index is -4.89. The molecule has 34 heteroatoms. The van der Waals surface area contributed by atoms with Crippen molar-refractivity contribution in [3.05, 3.63) is 85.2 Å². The summed E-state index contributed by atoms with van der Waals surface area (Å²) >= 11 is 0. The van der Waals surface area contributed by atoms with Crippen LogP contribution in [0.25, 0.3) is 21.5 Å². The molecular formula is C82H104F6N6O20S2. The molecule has 0 spiro atoms. The van der Waals surface area contributed by atoms with Crippen molar-refractivity contribution in [2.24, 2.45) is 58.2 Å². The van der Waals surface area contributed by atoms with Crippen LogP contribution in [-0.4, -0.2) is 197 Å². The highest BCUT2D eigenvalue weighted by molar-refractivity contribution is 7.91. The molecule has 26 nitrogen and oxygen atoms in total. The van der Waals surface area contributed by atoms with Gasteiger partial charge in [-0.3, -0.25) is 47.8 Å². The number of hydrogen-bond donors (Lipinski definition) is 2. The Hall–Kier alpha value is -8.50. The average Bonchev–Trinajstić information content (AvgIpc) is 1.57. The zero-order valence-electron chi connectivity index (χ0n) is 66.8. The first-order chi connectivity index (χ1) is 54.6. The Morgan fingerprint density at radius 3 is 1.24 bits per heavy atom. The van der Waals surface area contributed by atoms with Crippen molar-refractivity contribution < 1.29 is 119 Å². The Kier molecular flexibility index (Phi) is 26.8. The molecule has 4 aromatic rings. The van der Waals surface area contributed by atoms with Gasteiger partial charge in [-0.1, -0.05) is 38.2 Å². The molecule has 4 aliphatic heterocycles. The molecule has 8 aliphatic rings. The van der Waals surface area contributed by atoms with Crippen molar-refractivity contribution in [2.75, 3.05) is 54.7 Å². The van der Waals surface area contributed by atoms with Crippen LogP contribution in [0, 0.1) is 58.2 Å². The van der Waals surface area contributed by atoms with Gasteiger partial charge in [0.25, 0.3) is 0 Å². The zero-order valence-corrected chi connectivity index (χ0v) is 68.4. The van der Waals surface area contributed by atoms with Crippen LogP contribution >= 0.6 is 0 Å². The maximum Gasteiger partial charge on any atom is 0.427 e. The predicted octanol–water partition coefficient (Wildman–Crippen LogP) is 11.4.